The highest BCUT2D eigenvalue weighted by Crippen LogP contribution is 2.16. The summed E-state index contributed by atoms with van der Waals surface area (Å²) < 4.78 is 5.43. The Morgan fingerprint density at radius 3 is 3.05 bits per heavy atom. The van der Waals surface area contributed by atoms with E-state index in [0.29, 0.717) is 6.04 Å². The Morgan fingerprint density at radius 1 is 1.53 bits per heavy atom. The van der Waals surface area contributed by atoms with Crippen LogP contribution in [0.2, 0.25) is 0 Å². The molecule has 4 heteroatoms. The van der Waals surface area contributed by atoms with Gasteiger partial charge in [-0.15, -0.1) is 0 Å². The third-order valence-corrected chi connectivity index (χ3v) is 3.34. The normalized spacial score (nSPS) is 20.8. The molecule has 1 aromatic rings. The van der Waals surface area contributed by atoms with Gasteiger partial charge in [-0.2, -0.15) is 0 Å². The van der Waals surface area contributed by atoms with Crippen LogP contribution in [0.15, 0.2) is 30.3 Å². The van der Waals surface area contributed by atoms with E-state index >= 15 is 0 Å². The van der Waals surface area contributed by atoms with E-state index in [1.54, 1.807) is 6.08 Å². The number of hydrogen-bond acceptors (Lipinski definition) is 3. The van der Waals surface area contributed by atoms with E-state index in [4.69, 9.17) is 9.84 Å². The van der Waals surface area contributed by atoms with Crippen molar-refractivity contribution in [3.63, 3.8) is 0 Å². The van der Waals surface area contributed by atoms with Crippen molar-refractivity contribution >= 4 is 12.0 Å². The van der Waals surface area contributed by atoms with E-state index in [0.717, 1.165) is 37.4 Å². The van der Waals surface area contributed by atoms with Crippen molar-refractivity contribution in [2.75, 3.05) is 19.8 Å². The number of morpholine rings is 1. The van der Waals surface area contributed by atoms with Crippen LogP contribution in [-0.4, -0.2) is 41.8 Å². The van der Waals surface area contributed by atoms with Crippen molar-refractivity contribution in [1.82, 2.24) is 4.90 Å². The summed E-state index contributed by atoms with van der Waals surface area (Å²) >= 11 is 0. The smallest absolute Gasteiger partial charge is 0.328 e. The molecule has 0 aromatic heterocycles. The van der Waals surface area contributed by atoms with Gasteiger partial charge in [0.15, 0.2) is 0 Å². The maximum Gasteiger partial charge on any atom is 0.328 e. The van der Waals surface area contributed by atoms with Crippen molar-refractivity contribution in [3.8, 4) is 0 Å². The van der Waals surface area contributed by atoms with E-state index in [-0.39, 0.29) is 0 Å². The summed E-state index contributed by atoms with van der Waals surface area (Å²) in [5, 5.41) is 8.72. The molecule has 4 nitrogen and oxygen atoms in total. The maximum atomic E-state index is 10.6. The molecule has 102 valence electrons. The molecule has 1 N–H and O–H groups in total. The molecular formula is C15H19NO3. The highest BCUT2D eigenvalue weighted by atomic mass is 16.5. The number of aliphatic carboxylic acids is 1. The minimum absolute atomic E-state index is 0.394. The largest absolute Gasteiger partial charge is 0.478 e. The van der Waals surface area contributed by atoms with Gasteiger partial charge in [-0.25, -0.2) is 4.79 Å². The van der Waals surface area contributed by atoms with Gasteiger partial charge in [-0.1, -0.05) is 24.3 Å². The van der Waals surface area contributed by atoms with Gasteiger partial charge in [0.25, 0.3) is 0 Å². The van der Waals surface area contributed by atoms with Crippen LogP contribution >= 0.6 is 0 Å². The quantitative estimate of drug-likeness (QED) is 0.842. The van der Waals surface area contributed by atoms with Crippen molar-refractivity contribution in [3.05, 3.63) is 41.5 Å². The lowest BCUT2D eigenvalue weighted by Gasteiger charge is -2.33. The van der Waals surface area contributed by atoms with Crippen LogP contribution in [0, 0.1) is 0 Å². The van der Waals surface area contributed by atoms with Crippen LogP contribution in [-0.2, 0) is 16.1 Å². The lowest BCUT2D eigenvalue weighted by molar-refractivity contribution is -0.131. The minimum Gasteiger partial charge on any atom is -0.478 e. The van der Waals surface area contributed by atoms with Crippen LogP contribution < -0.4 is 0 Å². The van der Waals surface area contributed by atoms with Crippen molar-refractivity contribution < 1.29 is 14.6 Å². The topological polar surface area (TPSA) is 49.8 Å². The molecule has 0 amide bonds. The summed E-state index contributed by atoms with van der Waals surface area (Å²) in [7, 11) is 0. The van der Waals surface area contributed by atoms with Crippen molar-refractivity contribution in [2.45, 2.75) is 19.5 Å². The number of nitrogens with zero attached hydrogens (tertiary/aromatic N) is 1. The first-order chi connectivity index (χ1) is 9.16. The van der Waals surface area contributed by atoms with E-state index in [9.17, 15) is 4.79 Å². The van der Waals surface area contributed by atoms with E-state index in [1.807, 2.05) is 24.3 Å². The lowest BCUT2D eigenvalue weighted by atomic mass is 10.1. The molecular weight excluding hydrogens is 242 g/mol. The van der Waals surface area contributed by atoms with Gasteiger partial charge in [0.1, 0.15) is 0 Å². The SMILES string of the molecule is CC1COCCN1Cc1ccccc1C=CC(=O)O. The fourth-order valence-electron chi connectivity index (χ4n) is 2.22. The third kappa shape index (κ3) is 3.91. The molecule has 0 spiro atoms. The summed E-state index contributed by atoms with van der Waals surface area (Å²) in [4.78, 5) is 13.0. The van der Waals surface area contributed by atoms with Gasteiger partial charge < -0.3 is 9.84 Å². The average Bonchev–Trinajstić information content (AvgIpc) is 2.40. The second-order valence-electron chi connectivity index (χ2n) is 4.76. The molecule has 0 aliphatic carbocycles. The number of rotatable bonds is 4. The fraction of sp³-hybridized carbons (Fsp3) is 0.400. The Morgan fingerprint density at radius 2 is 2.32 bits per heavy atom. The Kier molecular flexibility index (Phi) is 4.71. The molecule has 1 atom stereocenters. The standard InChI is InChI=1S/C15H19NO3/c1-12-11-19-9-8-16(12)10-14-5-3-2-4-13(14)6-7-15(17)18/h2-7,12H,8-11H2,1H3,(H,17,18). The average molecular weight is 261 g/mol. The highest BCUT2D eigenvalue weighted by molar-refractivity contribution is 5.85. The van der Waals surface area contributed by atoms with E-state index in [1.165, 1.54) is 6.08 Å². The molecule has 0 saturated carbocycles. The summed E-state index contributed by atoms with van der Waals surface area (Å²) in [5.41, 5.74) is 2.11. The minimum atomic E-state index is -0.922. The zero-order valence-electron chi connectivity index (χ0n) is 11.1. The Labute approximate surface area is 113 Å². The fourth-order valence-corrected chi connectivity index (χ4v) is 2.22. The molecule has 19 heavy (non-hydrogen) atoms. The Hall–Kier alpha value is -1.65. The van der Waals surface area contributed by atoms with Gasteiger partial charge in [0, 0.05) is 25.2 Å². The van der Waals surface area contributed by atoms with Gasteiger partial charge in [0.05, 0.1) is 13.2 Å². The van der Waals surface area contributed by atoms with Gasteiger partial charge in [-0.05, 0) is 24.1 Å². The summed E-state index contributed by atoms with van der Waals surface area (Å²) in [6.07, 6.45) is 2.84. The van der Waals surface area contributed by atoms with Crippen LogP contribution in [0.1, 0.15) is 18.1 Å². The Balaban J connectivity index is 2.13. The molecule has 2 rings (SSSR count). The maximum absolute atomic E-state index is 10.6. The summed E-state index contributed by atoms with van der Waals surface area (Å²) in [5.74, 6) is -0.922. The first kappa shape index (κ1) is 13.8. The molecule has 1 aliphatic heterocycles. The summed E-state index contributed by atoms with van der Waals surface area (Å²) in [6.45, 7) is 5.41. The van der Waals surface area contributed by atoms with E-state index < -0.39 is 5.97 Å². The first-order valence-electron chi connectivity index (χ1n) is 6.47. The second kappa shape index (κ2) is 6.50. The van der Waals surface area contributed by atoms with Crippen molar-refractivity contribution in [1.29, 1.82) is 0 Å². The van der Waals surface area contributed by atoms with Gasteiger partial charge in [0.2, 0.25) is 0 Å². The number of ether oxygens (including phenoxy) is 1. The number of carbonyl (C=O) groups is 1. The highest BCUT2D eigenvalue weighted by Gasteiger charge is 2.19. The molecule has 1 aromatic carbocycles. The number of carboxylic acids is 1. The molecule has 0 bridgehead atoms. The van der Waals surface area contributed by atoms with Crippen LogP contribution in [0.25, 0.3) is 6.08 Å². The lowest BCUT2D eigenvalue weighted by Crippen LogP contribution is -2.43. The molecule has 1 unspecified atom stereocenters. The van der Waals surface area contributed by atoms with Crippen LogP contribution in [0.3, 0.4) is 0 Å². The molecule has 1 fully saturated rings. The predicted molar refractivity (Wildman–Crippen MR) is 73.8 cm³/mol. The van der Waals surface area contributed by atoms with E-state index in [2.05, 4.69) is 11.8 Å². The molecule has 1 aliphatic rings. The number of hydrogen-bond donors (Lipinski definition) is 1. The Bertz CT molecular complexity index is 470. The summed E-state index contributed by atoms with van der Waals surface area (Å²) in [6, 6.07) is 8.29. The van der Waals surface area contributed by atoms with Crippen LogP contribution in [0.5, 0.6) is 0 Å². The first-order valence-corrected chi connectivity index (χ1v) is 6.47. The zero-order chi connectivity index (χ0) is 13.7. The third-order valence-electron chi connectivity index (χ3n) is 3.34. The van der Waals surface area contributed by atoms with Crippen LogP contribution in [0.4, 0.5) is 0 Å². The van der Waals surface area contributed by atoms with Gasteiger partial charge >= 0.3 is 5.97 Å². The number of carboxylic acid groups (broad SMARTS) is 1. The molecule has 1 heterocycles. The molecule has 1 saturated heterocycles. The second-order valence-corrected chi connectivity index (χ2v) is 4.76. The predicted octanol–water partition coefficient (Wildman–Crippen LogP) is 2.01. The zero-order valence-corrected chi connectivity index (χ0v) is 11.1. The monoisotopic (exact) mass is 261 g/mol. The number of benzene rings is 1. The van der Waals surface area contributed by atoms with Crippen molar-refractivity contribution in [2.24, 2.45) is 0 Å². The molecule has 0 radical (unpaired) electrons. The van der Waals surface area contributed by atoms with Gasteiger partial charge in [-0.3, -0.25) is 4.90 Å².